The van der Waals surface area contributed by atoms with Crippen molar-refractivity contribution in [2.45, 2.75) is 24.4 Å². The number of benzene rings is 2. The number of hydrogen-bond acceptors (Lipinski definition) is 5. The van der Waals surface area contributed by atoms with Gasteiger partial charge in [-0.1, -0.05) is 54.6 Å². The van der Waals surface area contributed by atoms with E-state index in [-0.39, 0.29) is 0 Å². The normalized spacial score (nSPS) is 27.9. The Morgan fingerprint density at radius 3 is 2.80 bits per heavy atom. The average Bonchev–Trinajstić information content (AvgIpc) is 2.93. The van der Waals surface area contributed by atoms with Crippen molar-refractivity contribution in [3.8, 4) is 0 Å². The zero-order chi connectivity index (χ0) is 17.3. The molecule has 130 valence electrons. The number of esters is 1. The van der Waals surface area contributed by atoms with Crippen LogP contribution in [0, 0.1) is 0 Å². The van der Waals surface area contributed by atoms with Crippen molar-refractivity contribution < 1.29 is 19.0 Å². The lowest BCUT2D eigenvalue weighted by Gasteiger charge is -2.34. The summed E-state index contributed by atoms with van der Waals surface area (Å²) in [5, 5.41) is 3.31. The summed E-state index contributed by atoms with van der Waals surface area (Å²) < 4.78 is 16.9. The van der Waals surface area contributed by atoms with Crippen LogP contribution in [0.3, 0.4) is 0 Å². The quantitative estimate of drug-likeness (QED) is 0.864. The van der Waals surface area contributed by atoms with Crippen molar-refractivity contribution >= 4 is 5.97 Å². The monoisotopic (exact) mass is 339 g/mol. The standard InChI is InChI=1S/C20H21NO4/c1-23-19(22)18-20(13-21-12-17(24-18)25-20)16-9-5-8-15(11-16)10-14-6-3-2-4-7-14/h2-9,11,17-18,21H,10,12-13H2,1H3/t17-,18-,20+/m0/s1. The minimum absolute atomic E-state index is 0.403. The Labute approximate surface area is 146 Å². The van der Waals surface area contributed by atoms with Crippen LogP contribution in [-0.2, 0) is 31.0 Å². The first-order valence-electron chi connectivity index (χ1n) is 8.46. The molecule has 0 spiro atoms. The molecule has 25 heavy (non-hydrogen) atoms. The van der Waals surface area contributed by atoms with E-state index in [9.17, 15) is 4.79 Å². The molecule has 2 aliphatic heterocycles. The van der Waals surface area contributed by atoms with E-state index in [2.05, 4.69) is 29.6 Å². The Kier molecular flexibility index (Phi) is 4.29. The number of methoxy groups -OCH3 is 1. The largest absolute Gasteiger partial charge is 0.467 e. The minimum Gasteiger partial charge on any atom is -0.467 e. The molecule has 3 atom stereocenters. The summed E-state index contributed by atoms with van der Waals surface area (Å²) in [4.78, 5) is 12.3. The van der Waals surface area contributed by atoms with Gasteiger partial charge < -0.3 is 19.5 Å². The highest BCUT2D eigenvalue weighted by molar-refractivity contribution is 5.77. The maximum absolute atomic E-state index is 12.3. The zero-order valence-corrected chi connectivity index (χ0v) is 14.1. The molecule has 4 rings (SSSR count). The number of rotatable bonds is 4. The van der Waals surface area contributed by atoms with Crippen LogP contribution >= 0.6 is 0 Å². The van der Waals surface area contributed by atoms with Crippen molar-refractivity contribution in [2.75, 3.05) is 20.2 Å². The Hall–Kier alpha value is -2.21. The van der Waals surface area contributed by atoms with Gasteiger partial charge in [-0.2, -0.15) is 0 Å². The molecule has 0 radical (unpaired) electrons. The van der Waals surface area contributed by atoms with Gasteiger partial charge in [0.1, 0.15) is 5.60 Å². The van der Waals surface area contributed by atoms with Crippen LogP contribution in [-0.4, -0.2) is 38.6 Å². The molecule has 2 bridgehead atoms. The number of ether oxygens (including phenoxy) is 3. The second kappa shape index (κ2) is 6.59. The van der Waals surface area contributed by atoms with Gasteiger partial charge in [-0.15, -0.1) is 0 Å². The van der Waals surface area contributed by atoms with E-state index in [1.54, 1.807) is 0 Å². The highest BCUT2D eigenvalue weighted by Crippen LogP contribution is 2.41. The summed E-state index contributed by atoms with van der Waals surface area (Å²) in [6.45, 7) is 1.08. The molecule has 1 N–H and O–H groups in total. The Morgan fingerprint density at radius 2 is 2.00 bits per heavy atom. The Bertz CT molecular complexity index is 763. The van der Waals surface area contributed by atoms with Gasteiger partial charge in [-0.25, -0.2) is 4.79 Å². The van der Waals surface area contributed by atoms with E-state index < -0.39 is 24.0 Å². The molecule has 2 aromatic rings. The third-order valence-corrected chi connectivity index (χ3v) is 4.83. The third kappa shape index (κ3) is 2.95. The molecule has 5 nitrogen and oxygen atoms in total. The molecule has 2 aliphatic rings. The van der Waals surface area contributed by atoms with Gasteiger partial charge in [0.15, 0.2) is 12.4 Å². The predicted octanol–water partition coefficient (Wildman–Crippen LogP) is 1.99. The number of carbonyl (C=O) groups excluding carboxylic acids is 1. The van der Waals surface area contributed by atoms with Crippen LogP contribution in [0.1, 0.15) is 16.7 Å². The number of fused-ring (bicyclic) bond motifs is 2. The number of morpholine rings is 1. The summed E-state index contributed by atoms with van der Waals surface area (Å²) in [5.74, 6) is -0.403. The van der Waals surface area contributed by atoms with Crippen molar-refractivity contribution in [2.24, 2.45) is 0 Å². The summed E-state index contributed by atoms with van der Waals surface area (Å²) in [6.07, 6.45) is -0.370. The highest BCUT2D eigenvalue weighted by Gasteiger charge is 2.57. The van der Waals surface area contributed by atoms with Gasteiger partial charge in [0.2, 0.25) is 0 Å². The second-order valence-electron chi connectivity index (χ2n) is 6.47. The predicted molar refractivity (Wildman–Crippen MR) is 92.0 cm³/mol. The smallest absolute Gasteiger partial charge is 0.338 e. The van der Waals surface area contributed by atoms with Gasteiger partial charge in [-0.3, -0.25) is 0 Å². The summed E-state index contributed by atoms with van der Waals surface area (Å²) in [6, 6.07) is 18.5. The molecule has 0 unspecified atom stereocenters. The first-order chi connectivity index (χ1) is 12.2. The number of carbonyl (C=O) groups is 1. The molecule has 0 aliphatic carbocycles. The van der Waals surface area contributed by atoms with Crippen molar-refractivity contribution in [3.63, 3.8) is 0 Å². The average molecular weight is 339 g/mol. The number of nitrogens with one attached hydrogen (secondary N) is 1. The Balaban J connectivity index is 1.68. The van der Waals surface area contributed by atoms with Crippen LogP contribution in [0.5, 0.6) is 0 Å². The molecular formula is C20H21NO4. The van der Waals surface area contributed by atoms with Crippen LogP contribution in [0.25, 0.3) is 0 Å². The van der Waals surface area contributed by atoms with E-state index in [4.69, 9.17) is 14.2 Å². The van der Waals surface area contributed by atoms with Gasteiger partial charge in [-0.05, 0) is 23.1 Å². The first-order valence-corrected chi connectivity index (χ1v) is 8.46. The van der Waals surface area contributed by atoms with E-state index in [1.165, 1.54) is 18.2 Å². The van der Waals surface area contributed by atoms with Crippen LogP contribution in [0.2, 0.25) is 0 Å². The fourth-order valence-corrected chi connectivity index (χ4v) is 3.64. The molecule has 2 saturated heterocycles. The van der Waals surface area contributed by atoms with Crippen LogP contribution in [0.15, 0.2) is 54.6 Å². The maximum atomic E-state index is 12.3. The SMILES string of the molecule is COC(=O)[C@@H]1O[C@@H]2CNC[C@]1(c1cccc(Cc3ccccc3)c1)O2. The lowest BCUT2D eigenvalue weighted by Crippen LogP contribution is -2.52. The molecular weight excluding hydrogens is 318 g/mol. The molecule has 0 amide bonds. The van der Waals surface area contributed by atoms with Gasteiger partial charge in [0, 0.05) is 13.1 Å². The van der Waals surface area contributed by atoms with Crippen molar-refractivity contribution in [1.82, 2.24) is 5.32 Å². The van der Waals surface area contributed by atoms with Crippen molar-refractivity contribution in [3.05, 3.63) is 71.3 Å². The van der Waals surface area contributed by atoms with Crippen LogP contribution in [0.4, 0.5) is 0 Å². The molecule has 2 aromatic carbocycles. The van der Waals surface area contributed by atoms with Gasteiger partial charge in [0.05, 0.1) is 7.11 Å². The minimum atomic E-state index is -0.845. The number of hydrogen-bond donors (Lipinski definition) is 1. The molecule has 0 aromatic heterocycles. The van der Waals surface area contributed by atoms with Crippen LogP contribution < -0.4 is 5.32 Å². The summed E-state index contributed by atoms with van der Waals surface area (Å²) >= 11 is 0. The Morgan fingerprint density at radius 1 is 1.20 bits per heavy atom. The molecule has 2 fully saturated rings. The molecule has 0 saturated carbocycles. The van der Waals surface area contributed by atoms with E-state index in [0.29, 0.717) is 13.1 Å². The fraction of sp³-hybridized carbons (Fsp3) is 0.350. The third-order valence-electron chi connectivity index (χ3n) is 4.83. The summed E-state index contributed by atoms with van der Waals surface area (Å²) in [5.41, 5.74) is 2.50. The van der Waals surface area contributed by atoms with Gasteiger partial charge in [0.25, 0.3) is 0 Å². The maximum Gasteiger partial charge on any atom is 0.338 e. The topological polar surface area (TPSA) is 56.8 Å². The van der Waals surface area contributed by atoms with Gasteiger partial charge >= 0.3 is 5.97 Å². The van der Waals surface area contributed by atoms with Crippen molar-refractivity contribution in [1.29, 1.82) is 0 Å². The lowest BCUT2D eigenvalue weighted by atomic mass is 9.86. The zero-order valence-electron chi connectivity index (χ0n) is 14.1. The first kappa shape index (κ1) is 16.3. The molecule has 5 heteroatoms. The van der Waals surface area contributed by atoms with E-state index in [0.717, 1.165) is 12.0 Å². The fourth-order valence-electron chi connectivity index (χ4n) is 3.64. The molecule has 2 heterocycles. The second-order valence-corrected chi connectivity index (χ2v) is 6.47. The lowest BCUT2D eigenvalue weighted by molar-refractivity contribution is -0.155. The van der Waals surface area contributed by atoms with E-state index >= 15 is 0 Å². The highest BCUT2D eigenvalue weighted by atomic mass is 16.8. The summed E-state index contributed by atoms with van der Waals surface area (Å²) in [7, 11) is 1.38. The van der Waals surface area contributed by atoms with E-state index in [1.807, 2.05) is 30.3 Å².